The van der Waals surface area contributed by atoms with Gasteiger partial charge in [0, 0.05) is 11.3 Å². The summed E-state index contributed by atoms with van der Waals surface area (Å²) in [6, 6.07) is 0.508. The SMILES string of the molecule is Nc1cc(C(O)C(=O)O)c(F)cc1C(F)(F)F. The number of aliphatic carboxylic acids is 1. The van der Waals surface area contributed by atoms with Crippen molar-refractivity contribution in [3.63, 3.8) is 0 Å². The highest BCUT2D eigenvalue weighted by Gasteiger charge is 2.35. The number of halogens is 4. The van der Waals surface area contributed by atoms with Gasteiger partial charge in [-0.05, 0) is 12.1 Å². The number of hydrogen-bond donors (Lipinski definition) is 3. The molecule has 0 heterocycles. The van der Waals surface area contributed by atoms with Crippen molar-refractivity contribution in [3.05, 3.63) is 29.1 Å². The van der Waals surface area contributed by atoms with Gasteiger partial charge in [-0.1, -0.05) is 0 Å². The first-order valence-corrected chi connectivity index (χ1v) is 4.21. The van der Waals surface area contributed by atoms with Crippen molar-refractivity contribution in [2.75, 3.05) is 5.73 Å². The minimum absolute atomic E-state index is 0.0524. The quantitative estimate of drug-likeness (QED) is 0.551. The summed E-state index contributed by atoms with van der Waals surface area (Å²) in [5, 5.41) is 17.4. The van der Waals surface area contributed by atoms with Crippen LogP contribution in [0.1, 0.15) is 17.2 Å². The Kier molecular flexibility index (Phi) is 3.28. The minimum atomic E-state index is -4.85. The summed E-state index contributed by atoms with van der Waals surface area (Å²) in [5.41, 5.74) is 1.93. The van der Waals surface area contributed by atoms with Crippen LogP contribution < -0.4 is 5.73 Å². The molecule has 94 valence electrons. The molecule has 0 aliphatic heterocycles. The van der Waals surface area contributed by atoms with Gasteiger partial charge in [0.25, 0.3) is 0 Å². The smallest absolute Gasteiger partial charge is 0.418 e. The Morgan fingerprint density at radius 1 is 1.35 bits per heavy atom. The molecular weight excluding hydrogens is 246 g/mol. The Morgan fingerprint density at radius 3 is 2.29 bits per heavy atom. The van der Waals surface area contributed by atoms with Crippen molar-refractivity contribution in [2.24, 2.45) is 0 Å². The van der Waals surface area contributed by atoms with Gasteiger partial charge in [-0.2, -0.15) is 13.2 Å². The van der Waals surface area contributed by atoms with Gasteiger partial charge < -0.3 is 15.9 Å². The number of nitrogen functional groups attached to an aromatic ring is 1. The van der Waals surface area contributed by atoms with Gasteiger partial charge in [0.1, 0.15) is 5.82 Å². The van der Waals surface area contributed by atoms with Gasteiger partial charge in [0.15, 0.2) is 6.10 Å². The van der Waals surface area contributed by atoms with Gasteiger partial charge in [-0.15, -0.1) is 0 Å². The molecular formula is C9H7F4NO3. The molecule has 0 radical (unpaired) electrons. The molecule has 0 amide bonds. The topological polar surface area (TPSA) is 83.5 Å². The van der Waals surface area contributed by atoms with Gasteiger partial charge >= 0.3 is 12.1 Å². The van der Waals surface area contributed by atoms with E-state index in [9.17, 15) is 22.4 Å². The third-order valence-corrected chi connectivity index (χ3v) is 2.00. The number of carboxylic acids is 1. The van der Waals surface area contributed by atoms with Crippen molar-refractivity contribution < 1.29 is 32.6 Å². The second-order valence-corrected chi connectivity index (χ2v) is 3.20. The van der Waals surface area contributed by atoms with Crippen LogP contribution in [0.3, 0.4) is 0 Å². The van der Waals surface area contributed by atoms with E-state index in [1.165, 1.54) is 0 Å². The lowest BCUT2D eigenvalue weighted by molar-refractivity contribution is -0.147. The molecule has 1 aromatic rings. The van der Waals surface area contributed by atoms with Crippen LogP contribution in [0.25, 0.3) is 0 Å². The van der Waals surface area contributed by atoms with Crippen LogP contribution >= 0.6 is 0 Å². The first-order valence-electron chi connectivity index (χ1n) is 4.21. The predicted octanol–water partition coefficient (Wildman–Crippen LogP) is 1.54. The molecule has 1 aromatic carbocycles. The van der Waals surface area contributed by atoms with E-state index in [2.05, 4.69) is 0 Å². The molecule has 1 rings (SSSR count). The number of benzene rings is 1. The van der Waals surface area contributed by atoms with Crippen LogP contribution in [0, 0.1) is 5.82 Å². The average molecular weight is 253 g/mol. The minimum Gasteiger partial charge on any atom is -0.479 e. The van der Waals surface area contributed by atoms with Gasteiger partial charge in [0.2, 0.25) is 0 Å². The summed E-state index contributed by atoms with van der Waals surface area (Å²) in [7, 11) is 0. The third kappa shape index (κ3) is 2.64. The molecule has 0 fully saturated rings. The molecule has 1 atom stereocenters. The maximum atomic E-state index is 13.2. The highest BCUT2D eigenvalue weighted by atomic mass is 19.4. The molecule has 0 spiro atoms. The Hall–Kier alpha value is -1.83. The van der Waals surface area contributed by atoms with E-state index in [1.807, 2.05) is 0 Å². The fourth-order valence-corrected chi connectivity index (χ4v) is 1.20. The zero-order chi connectivity index (χ0) is 13.4. The number of alkyl halides is 3. The Balaban J connectivity index is 3.33. The predicted molar refractivity (Wildman–Crippen MR) is 48.4 cm³/mol. The number of aliphatic hydroxyl groups excluding tert-OH is 1. The number of hydrogen-bond acceptors (Lipinski definition) is 3. The molecule has 1 unspecified atom stereocenters. The van der Waals surface area contributed by atoms with E-state index in [4.69, 9.17) is 15.9 Å². The maximum Gasteiger partial charge on any atom is 0.418 e. The fourth-order valence-electron chi connectivity index (χ4n) is 1.20. The number of rotatable bonds is 2. The van der Waals surface area contributed by atoms with Crippen LogP contribution in [0.2, 0.25) is 0 Å². The summed E-state index contributed by atoms with van der Waals surface area (Å²) >= 11 is 0. The lowest BCUT2D eigenvalue weighted by Crippen LogP contribution is -2.15. The lowest BCUT2D eigenvalue weighted by atomic mass is 10.0. The lowest BCUT2D eigenvalue weighted by Gasteiger charge is -2.13. The summed E-state index contributed by atoms with van der Waals surface area (Å²) < 4.78 is 50.1. The van der Waals surface area contributed by atoms with Crippen molar-refractivity contribution in [1.82, 2.24) is 0 Å². The van der Waals surface area contributed by atoms with Crippen molar-refractivity contribution in [1.29, 1.82) is 0 Å². The number of carbonyl (C=O) groups is 1. The monoisotopic (exact) mass is 253 g/mol. The molecule has 0 bridgehead atoms. The summed E-state index contributed by atoms with van der Waals surface area (Å²) in [4.78, 5) is 10.4. The van der Waals surface area contributed by atoms with Crippen LogP contribution in [-0.2, 0) is 11.0 Å². The third-order valence-electron chi connectivity index (χ3n) is 2.00. The molecule has 0 saturated carbocycles. The molecule has 8 heteroatoms. The van der Waals surface area contributed by atoms with Gasteiger partial charge in [-0.25, -0.2) is 9.18 Å². The first-order chi connectivity index (χ1) is 7.64. The van der Waals surface area contributed by atoms with Crippen LogP contribution in [0.4, 0.5) is 23.2 Å². The van der Waals surface area contributed by atoms with E-state index >= 15 is 0 Å². The van der Waals surface area contributed by atoms with E-state index in [-0.39, 0.29) is 6.07 Å². The normalized spacial score (nSPS) is 13.5. The van der Waals surface area contributed by atoms with E-state index in [0.29, 0.717) is 6.07 Å². The molecule has 0 aliphatic rings. The molecule has 0 saturated heterocycles. The second-order valence-electron chi connectivity index (χ2n) is 3.20. The first kappa shape index (κ1) is 13.2. The Bertz CT molecular complexity index is 458. The number of carboxylic acid groups (broad SMARTS) is 1. The summed E-state index contributed by atoms with van der Waals surface area (Å²) in [5.74, 6) is -3.27. The van der Waals surface area contributed by atoms with Crippen LogP contribution in [-0.4, -0.2) is 16.2 Å². The Labute approximate surface area is 92.3 Å². The highest BCUT2D eigenvalue weighted by Crippen LogP contribution is 2.35. The van der Waals surface area contributed by atoms with E-state index < -0.39 is 40.9 Å². The summed E-state index contributed by atoms with van der Waals surface area (Å²) in [6.45, 7) is 0. The van der Waals surface area contributed by atoms with Crippen molar-refractivity contribution >= 4 is 11.7 Å². The van der Waals surface area contributed by atoms with E-state index in [0.717, 1.165) is 0 Å². The number of anilines is 1. The van der Waals surface area contributed by atoms with Crippen molar-refractivity contribution in [2.45, 2.75) is 12.3 Å². The zero-order valence-electron chi connectivity index (χ0n) is 8.12. The fraction of sp³-hybridized carbons (Fsp3) is 0.222. The average Bonchev–Trinajstić information content (AvgIpc) is 2.18. The highest BCUT2D eigenvalue weighted by molar-refractivity contribution is 5.75. The summed E-state index contributed by atoms with van der Waals surface area (Å²) in [6.07, 6.45) is -7.11. The maximum absolute atomic E-state index is 13.2. The van der Waals surface area contributed by atoms with Gasteiger partial charge in [-0.3, -0.25) is 0 Å². The Morgan fingerprint density at radius 2 is 1.88 bits per heavy atom. The largest absolute Gasteiger partial charge is 0.479 e. The molecule has 0 aliphatic carbocycles. The van der Waals surface area contributed by atoms with E-state index in [1.54, 1.807) is 0 Å². The van der Waals surface area contributed by atoms with Gasteiger partial charge in [0.05, 0.1) is 5.56 Å². The second kappa shape index (κ2) is 4.21. The number of nitrogens with two attached hydrogens (primary N) is 1. The molecule has 4 N–H and O–H groups in total. The zero-order valence-corrected chi connectivity index (χ0v) is 8.12. The van der Waals surface area contributed by atoms with Crippen LogP contribution in [0.5, 0.6) is 0 Å². The standard InChI is InChI=1S/C9H7F4NO3/c10-5-2-4(9(11,12)13)6(14)1-3(5)7(15)8(16)17/h1-2,7,15H,14H2,(H,16,17). The molecule has 4 nitrogen and oxygen atoms in total. The number of aliphatic hydroxyl groups is 1. The molecule has 17 heavy (non-hydrogen) atoms. The van der Waals surface area contributed by atoms with Crippen molar-refractivity contribution in [3.8, 4) is 0 Å². The molecule has 0 aromatic heterocycles. The van der Waals surface area contributed by atoms with Crippen LogP contribution in [0.15, 0.2) is 12.1 Å².